The van der Waals surface area contributed by atoms with E-state index in [4.69, 9.17) is 10.5 Å². The Bertz CT molecular complexity index is 521. The summed E-state index contributed by atoms with van der Waals surface area (Å²) in [6, 6.07) is 1.84. The minimum atomic E-state index is 0.441. The summed E-state index contributed by atoms with van der Waals surface area (Å²) < 4.78 is 5.42. The highest BCUT2D eigenvalue weighted by molar-refractivity contribution is 5.78. The number of aromatic nitrogens is 2. The van der Waals surface area contributed by atoms with Gasteiger partial charge < -0.3 is 20.3 Å². The largest absolute Gasteiger partial charge is 0.381 e. The second kappa shape index (κ2) is 8.28. The molecule has 2 fully saturated rings. The van der Waals surface area contributed by atoms with Crippen LogP contribution in [-0.4, -0.2) is 66.8 Å². The quantitative estimate of drug-likeness (QED) is 0.657. The summed E-state index contributed by atoms with van der Waals surface area (Å²) >= 11 is 0. The number of anilines is 1. The lowest BCUT2D eigenvalue weighted by Gasteiger charge is -2.35. The zero-order chi connectivity index (χ0) is 16.8. The number of hydrogen-bond acceptors (Lipinski definition) is 5. The fraction of sp³-hybridized carbons (Fsp3) is 0.706. The van der Waals surface area contributed by atoms with Gasteiger partial charge in [0.25, 0.3) is 0 Å². The van der Waals surface area contributed by atoms with Crippen LogP contribution in [0.3, 0.4) is 0 Å². The van der Waals surface area contributed by atoms with Crippen molar-refractivity contribution < 1.29 is 4.74 Å². The van der Waals surface area contributed by atoms with Crippen LogP contribution in [0.25, 0.3) is 0 Å². The van der Waals surface area contributed by atoms with Gasteiger partial charge in [-0.3, -0.25) is 4.99 Å². The fourth-order valence-corrected chi connectivity index (χ4v) is 3.46. The molecule has 0 unspecified atom stereocenters. The van der Waals surface area contributed by atoms with Gasteiger partial charge in [0, 0.05) is 52.2 Å². The summed E-state index contributed by atoms with van der Waals surface area (Å²) in [7, 11) is 1.81. The van der Waals surface area contributed by atoms with Crippen LogP contribution in [0.5, 0.6) is 0 Å². The molecule has 132 valence electrons. The molecule has 3 rings (SSSR count). The summed E-state index contributed by atoms with van der Waals surface area (Å²) in [4.78, 5) is 17.6. The van der Waals surface area contributed by atoms with Crippen molar-refractivity contribution in [3.05, 3.63) is 18.5 Å². The molecule has 1 aromatic rings. The number of guanidine groups is 1. The van der Waals surface area contributed by atoms with E-state index in [2.05, 4.69) is 24.8 Å². The average molecular weight is 332 g/mol. The van der Waals surface area contributed by atoms with Gasteiger partial charge in [0.05, 0.1) is 6.10 Å². The molecule has 1 aliphatic heterocycles. The molecule has 0 amide bonds. The van der Waals surface area contributed by atoms with Crippen molar-refractivity contribution in [2.24, 2.45) is 16.6 Å². The van der Waals surface area contributed by atoms with E-state index in [0.717, 1.165) is 51.5 Å². The molecule has 7 heteroatoms. The van der Waals surface area contributed by atoms with E-state index in [-0.39, 0.29) is 0 Å². The minimum Gasteiger partial charge on any atom is -0.381 e. The van der Waals surface area contributed by atoms with Gasteiger partial charge in [0.1, 0.15) is 0 Å². The van der Waals surface area contributed by atoms with Gasteiger partial charge in [-0.15, -0.1) is 0 Å². The summed E-state index contributed by atoms with van der Waals surface area (Å²) in [6.45, 7) is 4.32. The molecule has 0 bridgehead atoms. The van der Waals surface area contributed by atoms with Crippen LogP contribution in [0.15, 0.2) is 23.5 Å². The van der Waals surface area contributed by atoms with Crippen molar-refractivity contribution in [2.75, 3.05) is 44.7 Å². The van der Waals surface area contributed by atoms with Crippen molar-refractivity contribution in [3.63, 3.8) is 0 Å². The number of piperazine rings is 1. The number of nitrogens with zero attached hydrogens (tertiary/aromatic N) is 5. The molecule has 2 N–H and O–H groups in total. The van der Waals surface area contributed by atoms with Crippen LogP contribution >= 0.6 is 0 Å². The minimum absolute atomic E-state index is 0.441. The Hall–Kier alpha value is -1.89. The Labute approximate surface area is 143 Å². The summed E-state index contributed by atoms with van der Waals surface area (Å²) in [5.41, 5.74) is 6.20. The lowest BCUT2D eigenvalue weighted by Crippen LogP contribution is -2.51. The van der Waals surface area contributed by atoms with Gasteiger partial charge in [-0.05, 0) is 37.7 Å². The van der Waals surface area contributed by atoms with Gasteiger partial charge in [-0.2, -0.15) is 0 Å². The first-order chi connectivity index (χ1) is 11.8. The highest BCUT2D eigenvalue weighted by atomic mass is 16.5. The molecule has 24 heavy (non-hydrogen) atoms. The molecule has 1 saturated carbocycles. The van der Waals surface area contributed by atoms with Gasteiger partial charge in [-0.1, -0.05) is 0 Å². The number of ether oxygens (including phenoxy) is 1. The van der Waals surface area contributed by atoms with E-state index in [1.54, 1.807) is 19.5 Å². The normalized spacial score (nSPS) is 25.8. The van der Waals surface area contributed by atoms with Gasteiger partial charge >= 0.3 is 0 Å². The third-order valence-corrected chi connectivity index (χ3v) is 5.08. The van der Waals surface area contributed by atoms with Gasteiger partial charge in [0.15, 0.2) is 5.96 Å². The maximum Gasteiger partial charge on any atom is 0.225 e. The van der Waals surface area contributed by atoms with Crippen LogP contribution < -0.4 is 10.6 Å². The lowest BCUT2D eigenvalue weighted by atomic mass is 9.87. The van der Waals surface area contributed by atoms with Crippen LogP contribution in [0.1, 0.15) is 25.7 Å². The molecule has 7 nitrogen and oxygen atoms in total. The second-order valence-corrected chi connectivity index (χ2v) is 6.60. The van der Waals surface area contributed by atoms with Crippen molar-refractivity contribution in [1.82, 2.24) is 14.9 Å². The van der Waals surface area contributed by atoms with Crippen molar-refractivity contribution >= 4 is 11.9 Å². The molecule has 1 aromatic heterocycles. The maximum atomic E-state index is 6.20. The Kier molecular flexibility index (Phi) is 5.85. The number of aliphatic imine (C=N–C) groups is 1. The topological polar surface area (TPSA) is 79.9 Å². The van der Waals surface area contributed by atoms with E-state index in [1.165, 1.54) is 12.8 Å². The highest BCUT2D eigenvalue weighted by Crippen LogP contribution is 2.26. The molecule has 1 saturated heterocycles. The van der Waals surface area contributed by atoms with E-state index >= 15 is 0 Å². The smallest absolute Gasteiger partial charge is 0.225 e. The van der Waals surface area contributed by atoms with Gasteiger partial charge in [-0.25, -0.2) is 9.97 Å². The van der Waals surface area contributed by atoms with E-state index in [9.17, 15) is 0 Å². The maximum absolute atomic E-state index is 6.20. The molecule has 2 aliphatic rings. The van der Waals surface area contributed by atoms with Crippen molar-refractivity contribution in [2.45, 2.75) is 31.8 Å². The molecule has 0 atom stereocenters. The SMILES string of the molecule is COC1CCC(CN=C(N)N2CCN(c3ncccn3)CC2)CC1. The average Bonchev–Trinajstić information content (AvgIpc) is 2.67. The Balaban J connectivity index is 1.44. The van der Waals surface area contributed by atoms with Crippen LogP contribution in [-0.2, 0) is 4.74 Å². The number of hydrogen-bond donors (Lipinski definition) is 1. The molecule has 1 aliphatic carbocycles. The zero-order valence-corrected chi connectivity index (χ0v) is 14.5. The molecule has 0 aromatic carbocycles. The first-order valence-electron chi connectivity index (χ1n) is 8.86. The van der Waals surface area contributed by atoms with E-state index in [1.807, 2.05) is 6.07 Å². The predicted octanol–water partition coefficient (Wildman–Crippen LogP) is 1.12. The van der Waals surface area contributed by atoms with Crippen molar-refractivity contribution in [3.8, 4) is 0 Å². The summed E-state index contributed by atoms with van der Waals surface area (Å²) in [5.74, 6) is 2.12. The van der Waals surface area contributed by atoms with Gasteiger partial charge in [0.2, 0.25) is 5.95 Å². The van der Waals surface area contributed by atoms with Crippen LogP contribution in [0.4, 0.5) is 5.95 Å². The molecule has 2 heterocycles. The molecular weight excluding hydrogens is 304 g/mol. The summed E-state index contributed by atoms with van der Waals surface area (Å²) in [5, 5.41) is 0. The van der Waals surface area contributed by atoms with E-state index in [0.29, 0.717) is 18.0 Å². The molecule has 0 spiro atoms. The zero-order valence-electron chi connectivity index (χ0n) is 14.5. The predicted molar refractivity (Wildman–Crippen MR) is 95.1 cm³/mol. The fourth-order valence-electron chi connectivity index (χ4n) is 3.46. The number of nitrogens with two attached hydrogens (primary N) is 1. The summed E-state index contributed by atoms with van der Waals surface area (Å²) in [6.07, 6.45) is 8.67. The standard InChI is InChI=1S/C17H28N6O/c1-24-15-5-3-14(4-6-15)13-21-16(18)22-9-11-23(12-10-22)17-19-7-2-8-20-17/h2,7-8,14-15H,3-6,9-13H2,1H3,(H2,18,21). The van der Waals surface area contributed by atoms with Crippen molar-refractivity contribution in [1.29, 1.82) is 0 Å². The lowest BCUT2D eigenvalue weighted by molar-refractivity contribution is 0.0580. The number of rotatable bonds is 4. The Morgan fingerprint density at radius 1 is 1.17 bits per heavy atom. The third-order valence-electron chi connectivity index (χ3n) is 5.08. The third kappa shape index (κ3) is 4.35. The second-order valence-electron chi connectivity index (χ2n) is 6.60. The Morgan fingerprint density at radius 2 is 1.83 bits per heavy atom. The monoisotopic (exact) mass is 332 g/mol. The number of methoxy groups -OCH3 is 1. The highest BCUT2D eigenvalue weighted by Gasteiger charge is 2.22. The van der Waals surface area contributed by atoms with Crippen LogP contribution in [0.2, 0.25) is 0 Å². The first-order valence-corrected chi connectivity index (χ1v) is 8.86. The molecule has 0 radical (unpaired) electrons. The van der Waals surface area contributed by atoms with E-state index < -0.39 is 0 Å². The molecular formula is C17H28N6O. The van der Waals surface area contributed by atoms with Crippen LogP contribution in [0, 0.1) is 5.92 Å². The Morgan fingerprint density at radius 3 is 2.46 bits per heavy atom. The first kappa shape index (κ1) is 17.0.